The summed E-state index contributed by atoms with van der Waals surface area (Å²) >= 11 is 0. The lowest BCUT2D eigenvalue weighted by Gasteiger charge is -2.18. The first-order valence-electron chi connectivity index (χ1n) is 30.9. The number of unbranched alkanes of at least 4 members (excludes halogenated alkanes) is 10. The van der Waals surface area contributed by atoms with Gasteiger partial charge in [0.2, 0.25) is 0 Å². The van der Waals surface area contributed by atoms with Gasteiger partial charge in [0.05, 0.1) is 0 Å². The van der Waals surface area contributed by atoms with E-state index >= 15 is 0 Å². The third kappa shape index (κ3) is 63.0. The van der Waals surface area contributed by atoms with E-state index in [-0.39, 0.29) is 38.0 Å². The van der Waals surface area contributed by atoms with Gasteiger partial charge in [0.25, 0.3) is 0 Å². The van der Waals surface area contributed by atoms with E-state index in [4.69, 9.17) is 14.2 Å². The minimum absolute atomic E-state index is 0.140. The van der Waals surface area contributed by atoms with Crippen molar-refractivity contribution in [2.45, 2.75) is 232 Å². The maximum absolute atomic E-state index is 12.9. The SMILES string of the molecule is CC/C=C\C/C=C\C/C=C\C/C=C\C/C=C\C/C=C\CCC(=O)OC(COC(=O)CCC/C=C\C/C=C\C/C=C\C/C=C\C/C=C\CC)COC(=O)CCCCCCCCCCC/C=C\C/C=C\C/C=C\C/C=C\C/C=C\CC. The predicted molar refractivity (Wildman–Crippen MR) is 343 cm³/mol. The van der Waals surface area contributed by atoms with Crippen LogP contribution in [0.1, 0.15) is 226 Å². The summed E-state index contributed by atoms with van der Waals surface area (Å²) in [6, 6.07) is 0. The van der Waals surface area contributed by atoms with Crippen molar-refractivity contribution >= 4 is 17.9 Å². The quantitative estimate of drug-likeness (QED) is 0.0261. The highest BCUT2D eigenvalue weighted by molar-refractivity contribution is 5.71. The molecule has 0 aliphatic rings. The van der Waals surface area contributed by atoms with Crippen molar-refractivity contribution in [2.75, 3.05) is 13.2 Å². The average molecular weight is 1080 g/mol. The van der Waals surface area contributed by atoms with Crippen molar-refractivity contribution in [3.63, 3.8) is 0 Å². The smallest absolute Gasteiger partial charge is 0.306 e. The van der Waals surface area contributed by atoms with Gasteiger partial charge in [0, 0.05) is 19.3 Å². The predicted octanol–water partition coefficient (Wildman–Crippen LogP) is 21.4. The summed E-state index contributed by atoms with van der Waals surface area (Å²) in [4.78, 5) is 38.3. The lowest BCUT2D eigenvalue weighted by molar-refractivity contribution is -0.166. The van der Waals surface area contributed by atoms with Crippen molar-refractivity contribution in [2.24, 2.45) is 0 Å². The molecular formula is C73H110O6. The van der Waals surface area contributed by atoms with Crippen LogP contribution in [0, 0.1) is 0 Å². The molecule has 1 unspecified atom stereocenters. The average Bonchev–Trinajstić information content (AvgIpc) is 3.45. The molecule has 0 aliphatic carbocycles. The molecule has 79 heavy (non-hydrogen) atoms. The van der Waals surface area contributed by atoms with Crippen LogP contribution in [-0.4, -0.2) is 37.2 Å². The molecule has 0 saturated carbocycles. The summed E-state index contributed by atoms with van der Waals surface area (Å²) < 4.78 is 16.8. The van der Waals surface area contributed by atoms with Crippen LogP contribution in [0.15, 0.2) is 194 Å². The van der Waals surface area contributed by atoms with Crippen LogP contribution >= 0.6 is 0 Å². The van der Waals surface area contributed by atoms with Crippen LogP contribution in [0.2, 0.25) is 0 Å². The van der Waals surface area contributed by atoms with E-state index < -0.39 is 12.1 Å². The van der Waals surface area contributed by atoms with Crippen LogP contribution in [0.5, 0.6) is 0 Å². The Morgan fingerprint density at radius 2 is 0.494 bits per heavy atom. The molecule has 0 amide bonds. The van der Waals surface area contributed by atoms with Crippen molar-refractivity contribution in [1.29, 1.82) is 0 Å². The van der Waals surface area contributed by atoms with Crippen molar-refractivity contribution < 1.29 is 28.6 Å². The zero-order valence-corrected chi connectivity index (χ0v) is 50.0. The number of hydrogen-bond acceptors (Lipinski definition) is 6. The highest BCUT2D eigenvalue weighted by Crippen LogP contribution is 2.13. The van der Waals surface area contributed by atoms with Crippen molar-refractivity contribution in [3.8, 4) is 0 Å². The summed E-state index contributed by atoms with van der Waals surface area (Å²) in [5, 5.41) is 0. The second-order valence-corrected chi connectivity index (χ2v) is 19.5. The summed E-state index contributed by atoms with van der Waals surface area (Å²) in [5.74, 6) is -1.10. The van der Waals surface area contributed by atoms with E-state index in [1.165, 1.54) is 38.5 Å². The summed E-state index contributed by atoms with van der Waals surface area (Å²) in [6.45, 7) is 6.16. The molecule has 0 radical (unpaired) electrons. The maximum Gasteiger partial charge on any atom is 0.306 e. The van der Waals surface area contributed by atoms with Gasteiger partial charge in [0.15, 0.2) is 6.10 Å². The van der Waals surface area contributed by atoms with E-state index in [2.05, 4.69) is 203 Å². The molecule has 6 heteroatoms. The Morgan fingerprint density at radius 3 is 0.810 bits per heavy atom. The van der Waals surface area contributed by atoms with E-state index in [0.29, 0.717) is 19.3 Å². The number of carbonyl (C=O) groups is 3. The van der Waals surface area contributed by atoms with Crippen LogP contribution in [0.3, 0.4) is 0 Å². The molecule has 0 aromatic heterocycles. The Balaban J connectivity index is 4.58. The van der Waals surface area contributed by atoms with Gasteiger partial charge in [-0.25, -0.2) is 0 Å². The number of allylic oxidation sites excluding steroid dienone is 32. The molecule has 438 valence electrons. The lowest BCUT2D eigenvalue weighted by Crippen LogP contribution is -2.30. The maximum atomic E-state index is 12.9. The van der Waals surface area contributed by atoms with Crippen LogP contribution < -0.4 is 0 Å². The Kier molecular flexibility index (Phi) is 60.1. The molecule has 0 rings (SSSR count). The van der Waals surface area contributed by atoms with Crippen LogP contribution in [0.25, 0.3) is 0 Å². The van der Waals surface area contributed by atoms with Gasteiger partial charge in [-0.2, -0.15) is 0 Å². The third-order valence-corrected chi connectivity index (χ3v) is 12.1. The molecule has 0 spiro atoms. The first-order valence-corrected chi connectivity index (χ1v) is 30.9. The highest BCUT2D eigenvalue weighted by atomic mass is 16.6. The largest absolute Gasteiger partial charge is 0.462 e. The standard InChI is InChI=1S/C73H110O6/c1-4-7-10-13-16-19-22-25-28-31-33-34-35-36-37-38-40-42-45-48-51-54-57-60-63-66-72(75)78-69-70(68-77-71(74)65-62-59-56-53-50-47-44-41-30-27-24-21-18-15-12-9-6-3)79-73(76)67-64-61-58-55-52-49-46-43-39-32-29-26-23-20-17-14-11-8-5-2/h7-12,16-21,25-30,33-34,36-37,39,43-44,47,49,52-53,56,58,61,70H,4-6,13-15,22-24,31-32,35,38,40-42,45-46,48,50-51,54-55,57,59-60,62-69H2,1-3H3/b10-7-,11-8-,12-9-,19-16-,20-17-,21-18-,28-25-,29-26-,30-27-,34-33-,37-36-,43-39-,47-44-,52-49-,56-53-,61-58-. The molecule has 1 atom stereocenters. The van der Waals surface area contributed by atoms with Crippen molar-refractivity contribution in [1.82, 2.24) is 0 Å². The fraction of sp³-hybridized carbons (Fsp3) is 0.521. The lowest BCUT2D eigenvalue weighted by atomic mass is 10.1. The van der Waals surface area contributed by atoms with Crippen molar-refractivity contribution in [3.05, 3.63) is 194 Å². The zero-order chi connectivity index (χ0) is 57.1. The van der Waals surface area contributed by atoms with Gasteiger partial charge in [-0.05, 0) is 141 Å². The van der Waals surface area contributed by atoms with Crippen LogP contribution in [-0.2, 0) is 28.6 Å². The summed E-state index contributed by atoms with van der Waals surface area (Å²) in [7, 11) is 0. The number of carbonyl (C=O) groups excluding carboxylic acids is 3. The van der Waals surface area contributed by atoms with Gasteiger partial charge < -0.3 is 14.2 Å². The highest BCUT2D eigenvalue weighted by Gasteiger charge is 2.19. The first-order chi connectivity index (χ1) is 39.0. The minimum atomic E-state index is -0.858. The fourth-order valence-electron chi connectivity index (χ4n) is 7.59. The minimum Gasteiger partial charge on any atom is -0.462 e. The van der Waals surface area contributed by atoms with Gasteiger partial charge >= 0.3 is 17.9 Å². The molecule has 0 fully saturated rings. The van der Waals surface area contributed by atoms with E-state index in [0.717, 1.165) is 135 Å². The molecule has 0 aromatic rings. The Bertz CT molecular complexity index is 1920. The summed E-state index contributed by atoms with van der Waals surface area (Å²) in [6.07, 6.45) is 98.7. The zero-order valence-electron chi connectivity index (χ0n) is 50.0. The normalized spacial score (nSPS) is 13.5. The number of hydrogen-bond donors (Lipinski definition) is 0. The van der Waals surface area contributed by atoms with E-state index in [1.54, 1.807) is 0 Å². The van der Waals surface area contributed by atoms with Gasteiger partial charge in [-0.1, -0.05) is 260 Å². The topological polar surface area (TPSA) is 78.9 Å². The van der Waals surface area contributed by atoms with Gasteiger partial charge in [-0.3, -0.25) is 14.4 Å². The van der Waals surface area contributed by atoms with Gasteiger partial charge in [-0.15, -0.1) is 0 Å². The second-order valence-electron chi connectivity index (χ2n) is 19.5. The number of ether oxygens (including phenoxy) is 3. The van der Waals surface area contributed by atoms with E-state index in [1.807, 2.05) is 12.2 Å². The molecular weight excluding hydrogens is 973 g/mol. The monoisotopic (exact) mass is 1080 g/mol. The summed E-state index contributed by atoms with van der Waals surface area (Å²) in [5.41, 5.74) is 0. The molecule has 0 aromatic carbocycles. The third-order valence-electron chi connectivity index (χ3n) is 12.1. The number of rotatable bonds is 53. The molecule has 0 N–H and O–H groups in total. The van der Waals surface area contributed by atoms with E-state index in [9.17, 15) is 14.4 Å². The Hall–Kier alpha value is -5.75. The van der Waals surface area contributed by atoms with Crippen LogP contribution in [0.4, 0.5) is 0 Å². The first kappa shape index (κ1) is 73.2. The van der Waals surface area contributed by atoms with Gasteiger partial charge in [0.1, 0.15) is 13.2 Å². The molecule has 6 nitrogen and oxygen atoms in total. The fourth-order valence-corrected chi connectivity index (χ4v) is 7.59. The number of esters is 3. The second kappa shape index (κ2) is 64.8. The molecule has 0 aliphatic heterocycles. The Labute approximate surface area is 484 Å². The Morgan fingerprint density at radius 1 is 0.253 bits per heavy atom. The molecule has 0 bridgehead atoms. The molecule has 0 heterocycles. The molecule has 0 saturated heterocycles.